The molecule has 0 bridgehead atoms. The summed E-state index contributed by atoms with van der Waals surface area (Å²) in [5.74, 6) is 0.338. The van der Waals surface area contributed by atoms with Crippen LogP contribution >= 0.6 is 0 Å². The molecule has 0 spiro atoms. The lowest BCUT2D eigenvalue weighted by molar-refractivity contribution is -0.123. The molecule has 0 aliphatic heterocycles. The van der Waals surface area contributed by atoms with E-state index in [-0.39, 0.29) is 5.76 Å². The first-order chi connectivity index (χ1) is 14.0. The number of furan rings is 1. The Morgan fingerprint density at radius 3 is 2.66 bits per heavy atom. The second-order valence-corrected chi connectivity index (χ2v) is 6.08. The fourth-order valence-corrected chi connectivity index (χ4v) is 2.56. The Morgan fingerprint density at radius 1 is 1.17 bits per heavy atom. The first kappa shape index (κ1) is 20.0. The Bertz CT molecular complexity index is 980. The van der Waals surface area contributed by atoms with Crippen molar-refractivity contribution in [3.8, 4) is 11.5 Å². The Labute approximate surface area is 167 Å². The van der Waals surface area contributed by atoms with Crippen molar-refractivity contribution >= 4 is 17.6 Å². The van der Waals surface area contributed by atoms with Crippen molar-refractivity contribution in [3.63, 3.8) is 0 Å². The van der Waals surface area contributed by atoms with E-state index >= 15 is 0 Å². The number of hydrogen-bond acceptors (Lipinski definition) is 7. The maximum absolute atomic E-state index is 12.3. The summed E-state index contributed by atoms with van der Waals surface area (Å²) in [6.45, 7) is 1.86. The van der Waals surface area contributed by atoms with Gasteiger partial charge in [-0.05, 0) is 37.3 Å². The number of rotatable bonds is 8. The van der Waals surface area contributed by atoms with E-state index in [1.807, 2.05) is 0 Å². The number of nitrogens with zero attached hydrogens (tertiary/aromatic N) is 2. The standard InChI is InChI=1S/C20H21N3O6/c1-13(19(24)22-14-5-7-16(26-2)18(11-14)27-3)28-20(25)17-8-6-15(29-17)12-23-10-4-9-21-23/h4-11,13H,12H2,1-3H3,(H,22,24). The van der Waals surface area contributed by atoms with E-state index in [0.717, 1.165) is 0 Å². The third kappa shape index (κ3) is 4.95. The van der Waals surface area contributed by atoms with Crippen molar-refractivity contribution in [2.75, 3.05) is 19.5 Å². The Kier molecular flexibility index (Phi) is 6.18. The normalized spacial score (nSPS) is 11.6. The van der Waals surface area contributed by atoms with E-state index in [1.54, 1.807) is 47.4 Å². The highest BCUT2D eigenvalue weighted by molar-refractivity contribution is 5.96. The lowest BCUT2D eigenvalue weighted by Gasteiger charge is -2.14. The molecule has 9 heteroatoms. The van der Waals surface area contributed by atoms with Crippen LogP contribution in [0.3, 0.4) is 0 Å². The van der Waals surface area contributed by atoms with Gasteiger partial charge in [0.05, 0.1) is 20.8 Å². The van der Waals surface area contributed by atoms with Crippen molar-refractivity contribution in [3.05, 3.63) is 60.3 Å². The number of methoxy groups -OCH3 is 2. The number of benzene rings is 1. The van der Waals surface area contributed by atoms with Gasteiger partial charge in [-0.2, -0.15) is 5.10 Å². The minimum absolute atomic E-state index is 0.0120. The molecule has 2 heterocycles. The molecule has 1 atom stereocenters. The molecule has 1 aromatic carbocycles. The zero-order valence-corrected chi connectivity index (χ0v) is 16.2. The maximum Gasteiger partial charge on any atom is 0.375 e. The lowest BCUT2D eigenvalue weighted by atomic mass is 10.2. The second-order valence-electron chi connectivity index (χ2n) is 6.08. The molecule has 0 fully saturated rings. The molecule has 1 amide bonds. The van der Waals surface area contributed by atoms with Gasteiger partial charge in [0.15, 0.2) is 17.6 Å². The molecule has 3 rings (SSSR count). The molecule has 152 valence electrons. The van der Waals surface area contributed by atoms with Gasteiger partial charge in [-0.1, -0.05) is 0 Å². The van der Waals surface area contributed by atoms with Crippen LogP contribution in [-0.4, -0.2) is 42.0 Å². The predicted octanol–water partition coefficient (Wildman–Crippen LogP) is 2.73. The predicted molar refractivity (Wildman–Crippen MR) is 103 cm³/mol. The van der Waals surface area contributed by atoms with Gasteiger partial charge in [0.2, 0.25) is 5.76 Å². The van der Waals surface area contributed by atoms with Gasteiger partial charge in [-0.3, -0.25) is 9.48 Å². The number of anilines is 1. The van der Waals surface area contributed by atoms with Gasteiger partial charge in [0.1, 0.15) is 5.76 Å². The van der Waals surface area contributed by atoms with Crippen LogP contribution in [0.25, 0.3) is 0 Å². The van der Waals surface area contributed by atoms with E-state index < -0.39 is 18.0 Å². The Hall–Kier alpha value is -3.75. The van der Waals surface area contributed by atoms with Gasteiger partial charge in [-0.25, -0.2) is 4.79 Å². The Morgan fingerprint density at radius 2 is 1.97 bits per heavy atom. The van der Waals surface area contributed by atoms with Gasteiger partial charge >= 0.3 is 5.97 Å². The van der Waals surface area contributed by atoms with Crippen LogP contribution in [-0.2, 0) is 16.1 Å². The number of nitrogens with one attached hydrogen (secondary N) is 1. The average molecular weight is 399 g/mol. The smallest absolute Gasteiger partial charge is 0.375 e. The van der Waals surface area contributed by atoms with Gasteiger partial charge in [0.25, 0.3) is 5.91 Å². The second kappa shape index (κ2) is 8.96. The van der Waals surface area contributed by atoms with E-state index in [0.29, 0.717) is 29.5 Å². The molecule has 1 unspecified atom stereocenters. The summed E-state index contributed by atoms with van der Waals surface area (Å²) < 4.78 is 22.7. The largest absolute Gasteiger partial charge is 0.493 e. The average Bonchev–Trinajstić information content (AvgIpc) is 3.40. The van der Waals surface area contributed by atoms with Gasteiger partial charge in [-0.15, -0.1) is 0 Å². The van der Waals surface area contributed by atoms with Crippen LogP contribution in [0.2, 0.25) is 0 Å². The summed E-state index contributed by atoms with van der Waals surface area (Å²) in [6, 6.07) is 9.87. The van der Waals surface area contributed by atoms with Crippen molar-refractivity contribution < 1.29 is 28.2 Å². The first-order valence-electron chi connectivity index (χ1n) is 8.80. The zero-order chi connectivity index (χ0) is 20.8. The van der Waals surface area contributed by atoms with E-state index in [1.165, 1.54) is 27.2 Å². The monoisotopic (exact) mass is 399 g/mol. The van der Waals surface area contributed by atoms with Crippen LogP contribution in [0.5, 0.6) is 11.5 Å². The van der Waals surface area contributed by atoms with Crippen molar-refractivity contribution in [1.82, 2.24) is 9.78 Å². The zero-order valence-electron chi connectivity index (χ0n) is 16.2. The SMILES string of the molecule is COc1ccc(NC(=O)C(C)OC(=O)c2ccc(Cn3cccn3)o2)cc1OC. The number of amides is 1. The minimum atomic E-state index is -1.03. The van der Waals surface area contributed by atoms with E-state index in [4.69, 9.17) is 18.6 Å². The van der Waals surface area contributed by atoms with Crippen molar-refractivity contribution in [2.45, 2.75) is 19.6 Å². The van der Waals surface area contributed by atoms with E-state index in [9.17, 15) is 9.59 Å². The molecule has 3 aromatic rings. The molecular weight excluding hydrogens is 378 g/mol. The summed E-state index contributed by atoms with van der Waals surface area (Å²) in [6.07, 6.45) is 2.40. The van der Waals surface area contributed by atoms with Gasteiger partial charge in [0, 0.05) is 24.1 Å². The molecule has 1 N–H and O–H groups in total. The summed E-state index contributed by atoms with van der Waals surface area (Å²) >= 11 is 0. The molecule has 0 aliphatic carbocycles. The van der Waals surface area contributed by atoms with Crippen LogP contribution in [0.15, 0.2) is 53.2 Å². The summed E-state index contributed by atoms with van der Waals surface area (Å²) in [7, 11) is 3.02. The quantitative estimate of drug-likeness (QED) is 0.581. The third-order valence-electron chi connectivity index (χ3n) is 4.04. The number of esters is 1. The number of ether oxygens (including phenoxy) is 3. The first-order valence-corrected chi connectivity index (χ1v) is 8.80. The van der Waals surface area contributed by atoms with Crippen molar-refractivity contribution in [2.24, 2.45) is 0 Å². The molecular formula is C20H21N3O6. The van der Waals surface area contributed by atoms with E-state index in [2.05, 4.69) is 10.4 Å². The minimum Gasteiger partial charge on any atom is -0.493 e. The molecule has 9 nitrogen and oxygen atoms in total. The molecule has 0 saturated carbocycles. The lowest BCUT2D eigenvalue weighted by Crippen LogP contribution is -2.29. The molecule has 29 heavy (non-hydrogen) atoms. The summed E-state index contributed by atoms with van der Waals surface area (Å²) in [4.78, 5) is 24.6. The topological polar surface area (TPSA) is 105 Å². The molecule has 0 saturated heterocycles. The number of aromatic nitrogens is 2. The van der Waals surface area contributed by atoms with Crippen LogP contribution in [0.4, 0.5) is 5.69 Å². The van der Waals surface area contributed by atoms with Crippen LogP contribution in [0.1, 0.15) is 23.2 Å². The van der Waals surface area contributed by atoms with Crippen LogP contribution < -0.4 is 14.8 Å². The number of carbonyl (C=O) groups excluding carboxylic acids is 2. The highest BCUT2D eigenvalue weighted by atomic mass is 16.6. The number of carbonyl (C=O) groups is 2. The van der Waals surface area contributed by atoms with Crippen molar-refractivity contribution in [1.29, 1.82) is 0 Å². The highest BCUT2D eigenvalue weighted by Gasteiger charge is 2.22. The molecule has 0 aliphatic rings. The third-order valence-corrected chi connectivity index (χ3v) is 4.04. The maximum atomic E-state index is 12.3. The Balaban J connectivity index is 1.58. The number of hydrogen-bond donors (Lipinski definition) is 1. The van der Waals surface area contributed by atoms with Gasteiger partial charge < -0.3 is 23.9 Å². The summed E-state index contributed by atoms with van der Waals surface area (Å²) in [5.41, 5.74) is 0.482. The summed E-state index contributed by atoms with van der Waals surface area (Å²) in [5, 5.41) is 6.74. The fraction of sp³-hybridized carbons (Fsp3) is 0.250. The fourth-order valence-electron chi connectivity index (χ4n) is 2.56. The molecule has 0 radical (unpaired) electrons. The molecule has 2 aromatic heterocycles. The van der Waals surface area contributed by atoms with Crippen LogP contribution in [0, 0.1) is 0 Å². The highest BCUT2D eigenvalue weighted by Crippen LogP contribution is 2.29.